The minimum Gasteiger partial charge on any atom is -0.346 e. The number of benzene rings is 2. The molecule has 1 N–H and O–H groups in total. The first-order valence-electron chi connectivity index (χ1n) is 6.81. The van der Waals surface area contributed by atoms with Crippen LogP contribution in [0, 0.1) is 0 Å². The summed E-state index contributed by atoms with van der Waals surface area (Å²) in [6.07, 6.45) is 1.66. The molecule has 0 saturated heterocycles. The highest BCUT2D eigenvalue weighted by Gasteiger charge is 2.11. The van der Waals surface area contributed by atoms with E-state index in [1.807, 2.05) is 49.4 Å². The van der Waals surface area contributed by atoms with Crippen molar-refractivity contribution in [3.8, 4) is 0 Å². The molecule has 0 aliphatic rings. The molecule has 0 fully saturated rings. The Morgan fingerprint density at radius 1 is 1.14 bits per heavy atom. The third-order valence-electron chi connectivity index (χ3n) is 3.21. The van der Waals surface area contributed by atoms with Crippen LogP contribution in [0.5, 0.6) is 0 Å². The standard InChI is InChI=1S/C17H19NO2S/c1-13(15-8-4-3-5-9-15)18-17(19)16-10-6-7-14(11-16)12-21(2)20/h3-11,13H,12H2,1-2H3,(H,18,19)/t13-,21+/m1/s1. The molecule has 3 nitrogen and oxygen atoms in total. The molecule has 0 saturated carbocycles. The molecule has 4 heteroatoms. The fourth-order valence-corrected chi connectivity index (χ4v) is 2.79. The van der Waals surface area contributed by atoms with E-state index in [1.165, 1.54) is 0 Å². The van der Waals surface area contributed by atoms with Gasteiger partial charge in [0.1, 0.15) is 0 Å². The Morgan fingerprint density at radius 2 is 1.86 bits per heavy atom. The molecule has 0 aromatic heterocycles. The molecule has 0 spiro atoms. The molecular weight excluding hydrogens is 282 g/mol. The maximum atomic E-state index is 12.3. The molecule has 2 aromatic carbocycles. The van der Waals surface area contributed by atoms with Crippen LogP contribution in [-0.2, 0) is 16.6 Å². The molecule has 110 valence electrons. The van der Waals surface area contributed by atoms with E-state index in [0.29, 0.717) is 11.3 Å². The molecule has 0 heterocycles. The first kappa shape index (κ1) is 15.4. The Morgan fingerprint density at radius 3 is 2.52 bits per heavy atom. The predicted octanol–water partition coefficient (Wildman–Crippen LogP) is 3.06. The number of hydrogen-bond donors (Lipinski definition) is 1. The quantitative estimate of drug-likeness (QED) is 0.922. The zero-order chi connectivity index (χ0) is 15.2. The van der Waals surface area contributed by atoms with Gasteiger partial charge in [-0.25, -0.2) is 0 Å². The fourth-order valence-electron chi connectivity index (χ4n) is 2.14. The Bertz CT molecular complexity index is 640. The predicted molar refractivity (Wildman–Crippen MR) is 86.5 cm³/mol. The van der Waals surface area contributed by atoms with Gasteiger partial charge in [-0.05, 0) is 30.2 Å². The number of carbonyl (C=O) groups excluding carboxylic acids is 1. The second-order valence-electron chi connectivity index (χ2n) is 5.02. The highest BCUT2D eigenvalue weighted by Crippen LogP contribution is 2.13. The minimum atomic E-state index is -0.910. The molecule has 0 radical (unpaired) electrons. The summed E-state index contributed by atoms with van der Waals surface area (Å²) in [6, 6.07) is 17.1. The van der Waals surface area contributed by atoms with Crippen molar-refractivity contribution in [2.45, 2.75) is 18.7 Å². The number of amides is 1. The van der Waals surface area contributed by atoms with Crippen LogP contribution in [0.1, 0.15) is 34.5 Å². The molecule has 21 heavy (non-hydrogen) atoms. The Hall–Kier alpha value is -1.94. The van der Waals surface area contributed by atoms with E-state index in [2.05, 4.69) is 5.32 Å². The van der Waals surface area contributed by atoms with E-state index >= 15 is 0 Å². The van der Waals surface area contributed by atoms with Crippen LogP contribution >= 0.6 is 0 Å². The van der Waals surface area contributed by atoms with Gasteiger partial charge in [-0.15, -0.1) is 0 Å². The summed E-state index contributed by atoms with van der Waals surface area (Å²) >= 11 is 0. The summed E-state index contributed by atoms with van der Waals surface area (Å²) in [5.74, 6) is 0.352. The normalized spacial score (nSPS) is 13.4. The van der Waals surface area contributed by atoms with Crippen molar-refractivity contribution in [3.63, 3.8) is 0 Å². The molecule has 2 aromatic rings. The van der Waals surface area contributed by atoms with Gasteiger partial charge < -0.3 is 5.32 Å². The topological polar surface area (TPSA) is 46.2 Å². The summed E-state index contributed by atoms with van der Waals surface area (Å²) < 4.78 is 11.3. The summed E-state index contributed by atoms with van der Waals surface area (Å²) in [4.78, 5) is 12.3. The maximum absolute atomic E-state index is 12.3. The van der Waals surface area contributed by atoms with Gasteiger partial charge in [-0.1, -0.05) is 42.5 Å². The lowest BCUT2D eigenvalue weighted by Gasteiger charge is -2.14. The van der Waals surface area contributed by atoms with Gasteiger partial charge in [0.05, 0.1) is 6.04 Å². The highest BCUT2D eigenvalue weighted by atomic mass is 32.2. The Balaban J connectivity index is 2.08. The van der Waals surface area contributed by atoms with Crippen molar-refractivity contribution in [2.75, 3.05) is 6.26 Å². The monoisotopic (exact) mass is 301 g/mol. The van der Waals surface area contributed by atoms with Gasteiger partial charge >= 0.3 is 0 Å². The third-order valence-corrected chi connectivity index (χ3v) is 3.95. The molecule has 0 aliphatic heterocycles. The largest absolute Gasteiger partial charge is 0.346 e. The van der Waals surface area contributed by atoms with Crippen LogP contribution in [0.2, 0.25) is 0 Å². The van der Waals surface area contributed by atoms with E-state index in [1.54, 1.807) is 18.4 Å². The van der Waals surface area contributed by atoms with Gasteiger partial charge in [0.15, 0.2) is 0 Å². The van der Waals surface area contributed by atoms with Crippen molar-refractivity contribution in [2.24, 2.45) is 0 Å². The van der Waals surface area contributed by atoms with E-state index in [-0.39, 0.29) is 11.9 Å². The first-order valence-corrected chi connectivity index (χ1v) is 8.54. The van der Waals surface area contributed by atoms with Gasteiger partial charge in [0.25, 0.3) is 5.91 Å². The smallest absolute Gasteiger partial charge is 0.251 e. The molecule has 0 aliphatic carbocycles. The van der Waals surface area contributed by atoms with Crippen LogP contribution in [0.15, 0.2) is 54.6 Å². The van der Waals surface area contributed by atoms with Gasteiger partial charge in [-0.3, -0.25) is 9.00 Å². The molecule has 0 unspecified atom stereocenters. The SMILES string of the molecule is C[C@@H](NC(=O)c1cccc(C[S@](C)=O)c1)c1ccccc1. The zero-order valence-corrected chi connectivity index (χ0v) is 13.0. The summed E-state index contributed by atoms with van der Waals surface area (Å²) in [7, 11) is -0.910. The average Bonchev–Trinajstić information content (AvgIpc) is 2.47. The van der Waals surface area contributed by atoms with Gasteiger partial charge in [-0.2, -0.15) is 0 Å². The molecule has 2 rings (SSSR count). The summed E-state index contributed by atoms with van der Waals surface area (Å²) in [6.45, 7) is 1.96. The first-order chi connectivity index (χ1) is 10.1. The van der Waals surface area contributed by atoms with Crippen molar-refractivity contribution in [1.82, 2.24) is 5.32 Å². The van der Waals surface area contributed by atoms with Gasteiger partial charge in [0.2, 0.25) is 0 Å². The Kier molecular flexibility index (Phi) is 5.28. The molecule has 0 bridgehead atoms. The molecular formula is C17H19NO2S. The number of carbonyl (C=O) groups is 1. The minimum absolute atomic E-state index is 0.0531. The highest BCUT2D eigenvalue weighted by molar-refractivity contribution is 7.83. The number of rotatable bonds is 5. The van der Waals surface area contributed by atoms with Crippen LogP contribution in [0.25, 0.3) is 0 Å². The second kappa shape index (κ2) is 7.18. The second-order valence-corrected chi connectivity index (χ2v) is 6.46. The lowest BCUT2D eigenvalue weighted by Crippen LogP contribution is -2.26. The lowest BCUT2D eigenvalue weighted by molar-refractivity contribution is 0.0940. The molecule has 2 atom stereocenters. The van der Waals surface area contributed by atoms with Crippen LogP contribution in [0.4, 0.5) is 0 Å². The van der Waals surface area contributed by atoms with Crippen molar-refractivity contribution >= 4 is 16.7 Å². The van der Waals surface area contributed by atoms with Crippen LogP contribution < -0.4 is 5.32 Å². The average molecular weight is 301 g/mol. The van der Waals surface area contributed by atoms with Crippen molar-refractivity contribution in [1.29, 1.82) is 0 Å². The summed E-state index contributed by atoms with van der Waals surface area (Å²) in [5, 5.41) is 2.98. The van der Waals surface area contributed by atoms with E-state index in [0.717, 1.165) is 11.1 Å². The van der Waals surface area contributed by atoms with Gasteiger partial charge in [0, 0.05) is 28.4 Å². The fraction of sp³-hybridized carbons (Fsp3) is 0.235. The van der Waals surface area contributed by atoms with Crippen molar-refractivity contribution in [3.05, 3.63) is 71.3 Å². The zero-order valence-electron chi connectivity index (χ0n) is 12.2. The van der Waals surface area contributed by atoms with E-state index < -0.39 is 10.8 Å². The van der Waals surface area contributed by atoms with E-state index in [9.17, 15) is 9.00 Å². The number of nitrogens with one attached hydrogen (secondary N) is 1. The van der Waals surface area contributed by atoms with Crippen molar-refractivity contribution < 1.29 is 9.00 Å². The summed E-state index contributed by atoms with van der Waals surface area (Å²) in [5.41, 5.74) is 2.58. The number of hydrogen-bond acceptors (Lipinski definition) is 2. The van der Waals surface area contributed by atoms with Crippen LogP contribution in [0.3, 0.4) is 0 Å². The third kappa shape index (κ3) is 4.53. The van der Waals surface area contributed by atoms with E-state index in [4.69, 9.17) is 0 Å². The molecule has 1 amide bonds. The maximum Gasteiger partial charge on any atom is 0.251 e. The van der Waals surface area contributed by atoms with Crippen LogP contribution in [-0.4, -0.2) is 16.4 Å². The Labute approximate surface area is 127 Å². The lowest BCUT2D eigenvalue weighted by atomic mass is 10.1.